The molecule has 0 saturated carbocycles. The molecular weight excluding hydrogens is 230 g/mol. The molecule has 0 saturated heterocycles. The monoisotopic (exact) mass is 239 g/mol. The van der Waals surface area contributed by atoms with E-state index in [0.29, 0.717) is 17.8 Å². The molecule has 0 spiro atoms. The maximum absolute atomic E-state index is 10.5. The summed E-state index contributed by atoms with van der Waals surface area (Å²) in [5, 5.41) is 4.04. The van der Waals surface area contributed by atoms with Gasteiger partial charge < -0.3 is 4.42 Å². The first-order chi connectivity index (χ1) is 8.86. The van der Waals surface area contributed by atoms with Gasteiger partial charge in [-0.25, -0.2) is 9.67 Å². The summed E-state index contributed by atoms with van der Waals surface area (Å²) in [6.45, 7) is 0. The van der Waals surface area contributed by atoms with E-state index in [1.807, 2.05) is 24.3 Å². The first-order valence-electron chi connectivity index (χ1n) is 5.37. The van der Waals surface area contributed by atoms with Crippen molar-refractivity contribution in [3.8, 4) is 17.0 Å². The van der Waals surface area contributed by atoms with Gasteiger partial charge in [0.1, 0.15) is 18.4 Å². The first-order valence-corrected chi connectivity index (χ1v) is 5.37. The van der Waals surface area contributed by atoms with Crippen LogP contribution in [-0.2, 0) is 0 Å². The van der Waals surface area contributed by atoms with E-state index in [0.717, 1.165) is 11.3 Å². The molecular formula is C13H9N3O2. The minimum atomic E-state index is 0.324. The summed E-state index contributed by atoms with van der Waals surface area (Å²) < 4.78 is 7.02. The largest absolute Gasteiger partial charge is 0.453 e. The van der Waals surface area contributed by atoms with E-state index in [-0.39, 0.29) is 0 Å². The van der Waals surface area contributed by atoms with Gasteiger partial charge in [0.25, 0.3) is 0 Å². The fourth-order valence-corrected chi connectivity index (χ4v) is 1.69. The Labute approximate surface area is 103 Å². The number of nitrogens with zero attached hydrogens (tertiary/aromatic N) is 3. The van der Waals surface area contributed by atoms with Crippen LogP contribution in [0.15, 0.2) is 53.5 Å². The maximum Gasteiger partial charge on any atom is 0.185 e. The molecule has 3 rings (SSSR count). The van der Waals surface area contributed by atoms with Gasteiger partial charge in [0, 0.05) is 5.56 Å². The van der Waals surface area contributed by atoms with Gasteiger partial charge in [0.05, 0.1) is 5.69 Å². The van der Waals surface area contributed by atoms with E-state index in [4.69, 9.17) is 4.42 Å². The van der Waals surface area contributed by atoms with Crippen molar-refractivity contribution in [1.29, 1.82) is 0 Å². The number of benzene rings is 1. The van der Waals surface area contributed by atoms with Crippen LogP contribution < -0.4 is 0 Å². The minimum absolute atomic E-state index is 0.324. The predicted molar refractivity (Wildman–Crippen MR) is 64.4 cm³/mol. The number of hydrogen-bond acceptors (Lipinski definition) is 4. The summed E-state index contributed by atoms with van der Waals surface area (Å²) >= 11 is 0. The predicted octanol–water partition coefficient (Wildman–Crippen LogP) is 2.34. The van der Waals surface area contributed by atoms with E-state index >= 15 is 0 Å². The lowest BCUT2D eigenvalue weighted by Gasteiger charge is -2.01. The Balaban J connectivity index is 1.93. The Hall–Kier alpha value is -2.69. The molecule has 0 amide bonds. The molecule has 3 aromatic rings. The standard InChI is InChI=1S/C13H9N3O2/c17-7-12-5-6-13(18-12)10-1-3-11(4-2-10)16-9-14-8-15-16/h1-9H. The van der Waals surface area contributed by atoms with E-state index in [9.17, 15) is 4.79 Å². The third kappa shape index (κ3) is 1.82. The Bertz CT molecular complexity index is 654. The van der Waals surface area contributed by atoms with Crippen LogP contribution >= 0.6 is 0 Å². The van der Waals surface area contributed by atoms with E-state index < -0.39 is 0 Å². The van der Waals surface area contributed by atoms with Crippen molar-refractivity contribution in [2.75, 3.05) is 0 Å². The van der Waals surface area contributed by atoms with Gasteiger partial charge in [-0.15, -0.1) is 0 Å². The van der Waals surface area contributed by atoms with Crippen LogP contribution in [0, 0.1) is 0 Å². The Kier molecular flexibility index (Phi) is 2.49. The normalized spacial score (nSPS) is 10.4. The average Bonchev–Trinajstić information content (AvgIpc) is 3.10. The van der Waals surface area contributed by atoms with Crippen LogP contribution in [0.2, 0.25) is 0 Å². The SMILES string of the molecule is O=Cc1ccc(-c2ccc(-n3cncn3)cc2)o1. The Morgan fingerprint density at radius 1 is 1.11 bits per heavy atom. The molecule has 88 valence electrons. The second-order valence-corrected chi connectivity index (χ2v) is 3.71. The molecule has 5 nitrogen and oxygen atoms in total. The van der Waals surface area contributed by atoms with Gasteiger partial charge in [-0.1, -0.05) is 0 Å². The molecule has 1 aromatic carbocycles. The number of hydrogen-bond donors (Lipinski definition) is 0. The molecule has 0 fully saturated rings. The van der Waals surface area contributed by atoms with Gasteiger partial charge >= 0.3 is 0 Å². The van der Waals surface area contributed by atoms with E-state index in [2.05, 4.69) is 10.1 Å². The highest BCUT2D eigenvalue weighted by atomic mass is 16.3. The maximum atomic E-state index is 10.5. The molecule has 0 bridgehead atoms. The van der Waals surface area contributed by atoms with Crippen molar-refractivity contribution in [3.63, 3.8) is 0 Å². The van der Waals surface area contributed by atoms with Crippen molar-refractivity contribution in [1.82, 2.24) is 14.8 Å². The second kappa shape index (κ2) is 4.29. The van der Waals surface area contributed by atoms with Gasteiger partial charge in [-0.3, -0.25) is 4.79 Å². The topological polar surface area (TPSA) is 60.9 Å². The zero-order valence-electron chi connectivity index (χ0n) is 9.35. The summed E-state index contributed by atoms with van der Waals surface area (Å²) in [5.74, 6) is 0.993. The minimum Gasteiger partial charge on any atom is -0.453 e. The molecule has 2 aromatic heterocycles. The lowest BCUT2D eigenvalue weighted by Crippen LogP contribution is -1.93. The first kappa shape index (κ1) is 10.5. The van der Waals surface area contributed by atoms with E-state index in [1.165, 1.54) is 6.33 Å². The van der Waals surface area contributed by atoms with Crippen LogP contribution in [-0.4, -0.2) is 21.1 Å². The van der Waals surface area contributed by atoms with Gasteiger partial charge in [0.15, 0.2) is 12.0 Å². The average molecular weight is 239 g/mol. The second-order valence-electron chi connectivity index (χ2n) is 3.71. The number of furan rings is 1. The smallest absolute Gasteiger partial charge is 0.185 e. The molecule has 18 heavy (non-hydrogen) atoms. The summed E-state index contributed by atoms with van der Waals surface area (Å²) in [6, 6.07) is 11.1. The molecule has 0 radical (unpaired) electrons. The summed E-state index contributed by atoms with van der Waals surface area (Å²) in [5.41, 5.74) is 1.82. The highest BCUT2D eigenvalue weighted by Gasteiger charge is 2.04. The van der Waals surface area contributed by atoms with Crippen molar-refractivity contribution in [2.24, 2.45) is 0 Å². The molecule has 2 heterocycles. The van der Waals surface area contributed by atoms with Crippen LogP contribution in [0.3, 0.4) is 0 Å². The van der Waals surface area contributed by atoms with Crippen molar-refractivity contribution >= 4 is 6.29 Å². The van der Waals surface area contributed by atoms with Gasteiger partial charge in [0.2, 0.25) is 0 Å². The molecule has 5 heteroatoms. The third-order valence-electron chi connectivity index (χ3n) is 2.58. The Morgan fingerprint density at radius 3 is 2.56 bits per heavy atom. The number of aldehydes is 1. The van der Waals surface area contributed by atoms with Crippen LogP contribution in [0.5, 0.6) is 0 Å². The molecule has 0 aliphatic heterocycles. The quantitative estimate of drug-likeness (QED) is 0.658. The van der Waals surface area contributed by atoms with Crippen molar-refractivity contribution in [3.05, 3.63) is 54.8 Å². The number of carbonyl (C=O) groups excluding carboxylic acids is 1. The molecule has 0 unspecified atom stereocenters. The third-order valence-corrected chi connectivity index (χ3v) is 2.58. The molecule has 0 N–H and O–H groups in total. The molecule has 0 atom stereocenters. The fraction of sp³-hybridized carbons (Fsp3) is 0. The zero-order chi connectivity index (χ0) is 12.4. The summed E-state index contributed by atoms with van der Waals surface area (Å²) in [7, 11) is 0. The lowest BCUT2D eigenvalue weighted by molar-refractivity contribution is 0.110. The van der Waals surface area contributed by atoms with Gasteiger partial charge in [-0.2, -0.15) is 5.10 Å². The number of carbonyl (C=O) groups is 1. The fourth-order valence-electron chi connectivity index (χ4n) is 1.69. The highest BCUT2D eigenvalue weighted by molar-refractivity contribution is 5.72. The number of rotatable bonds is 3. The number of aromatic nitrogens is 3. The van der Waals surface area contributed by atoms with Crippen molar-refractivity contribution < 1.29 is 9.21 Å². The summed E-state index contributed by atoms with van der Waals surface area (Å²) in [4.78, 5) is 14.4. The lowest BCUT2D eigenvalue weighted by atomic mass is 10.1. The Morgan fingerprint density at radius 2 is 1.94 bits per heavy atom. The van der Waals surface area contributed by atoms with E-state index in [1.54, 1.807) is 23.1 Å². The molecule has 0 aliphatic carbocycles. The summed E-state index contributed by atoms with van der Waals surface area (Å²) in [6.07, 6.45) is 3.80. The van der Waals surface area contributed by atoms with Crippen LogP contribution in [0.4, 0.5) is 0 Å². The molecule has 0 aliphatic rings. The van der Waals surface area contributed by atoms with Crippen LogP contribution in [0.1, 0.15) is 10.6 Å². The zero-order valence-corrected chi connectivity index (χ0v) is 9.35. The van der Waals surface area contributed by atoms with Gasteiger partial charge in [-0.05, 0) is 36.4 Å². The van der Waals surface area contributed by atoms with Crippen LogP contribution in [0.25, 0.3) is 17.0 Å². The van der Waals surface area contributed by atoms with Crippen molar-refractivity contribution in [2.45, 2.75) is 0 Å². The highest BCUT2D eigenvalue weighted by Crippen LogP contribution is 2.22.